The first kappa shape index (κ1) is 12.2. The summed E-state index contributed by atoms with van der Waals surface area (Å²) in [5.74, 6) is 0. The van der Waals surface area contributed by atoms with Crippen LogP contribution >= 0.6 is 27.7 Å². The van der Waals surface area contributed by atoms with Gasteiger partial charge >= 0.3 is 5.69 Å². The highest BCUT2D eigenvalue weighted by Gasteiger charge is 2.12. The first-order chi connectivity index (χ1) is 8.13. The molecule has 17 heavy (non-hydrogen) atoms. The van der Waals surface area contributed by atoms with Crippen molar-refractivity contribution < 1.29 is 0 Å². The number of nitrogen functional groups attached to an aromatic ring is 1. The molecule has 0 aliphatic carbocycles. The molecule has 0 radical (unpaired) electrons. The van der Waals surface area contributed by atoms with Gasteiger partial charge in [0.25, 0.3) is 0 Å². The molecule has 90 valence electrons. The van der Waals surface area contributed by atoms with Gasteiger partial charge in [0.2, 0.25) is 0 Å². The molecule has 0 aliphatic heterocycles. The zero-order valence-electron chi connectivity index (χ0n) is 8.98. The number of nitrogens with two attached hydrogens (primary N) is 1. The predicted octanol–water partition coefficient (Wildman–Crippen LogP) is 1.48. The average molecular weight is 316 g/mol. The predicted molar refractivity (Wildman–Crippen MR) is 69.0 cm³/mol. The number of aromatic amines is 1. The molecule has 0 unspecified atom stereocenters. The molecular formula is C9H10BrN5OS. The summed E-state index contributed by atoms with van der Waals surface area (Å²) in [6.07, 6.45) is 3.22. The van der Waals surface area contributed by atoms with Crippen molar-refractivity contribution in [2.45, 2.75) is 23.5 Å². The maximum atomic E-state index is 11.4. The number of H-pyrrole nitrogens is 1. The van der Waals surface area contributed by atoms with Crippen LogP contribution in [0.25, 0.3) is 0 Å². The smallest absolute Gasteiger partial charge is 0.343 e. The van der Waals surface area contributed by atoms with Crippen LogP contribution in [0.1, 0.15) is 6.92 Å². The fraction of sp³-hybridized carbons (Fsp3) is 0.222. The Morgan fingerprint density at radius 1 is 1.59 bits per heavy atom. The van der Waals surface area contributed by atoms with Crippen molar-refractivity contribution in [1.29, 1.82) is 0 Å². The number of hydrogen-bond acceptors (Lipinski definition) is 5. The maximum absolute atomic E-state index is 11.4. The number of nitrogens with one attached hydrogen (secondary N) is 1. The van der Waals surface area contributed by atoms with Gasteiger partial charge in [0.1, 0.15) is 0 Å². The van der Waals surface area contributed by atoms with Crippen molar-refractivity contribution in [3.05, 3.63) is 27.4 Å². The lowest BCUT2D eigenvalue weighted by Gasteiger charge is -2.06. The molecule has 2 heterocycles. The third-order valence-corrected chi connectivity index (χ3v) is 4.13. The standard InChI is InChI=1S/C9H10BrN5OS/c1-2-15-8(16)13-14-9(15)17-7-5(10)3-12-4-6(7)11/h3-4H,2,11H2,1H3,(H,13,16). The van der Waals surface area contributed by atoms with E-state index < -0.39 is 0 Å². The first-order valence-corrected chi connectivity index (χ1v) is 6.46. The van der Waals surface area contributed by atoms with Crippen molar-refractivity contribution in [1.82, 2.24) is 19.7 Å². The molecule has 0 saturated carbocycles. The molecule has 8 heteroatoms. The van der Waals surface area contributed by atoms with Crippen molar-refractivity contribution in [3.8, 4) is 0 Å². The first-order valence-electron chi connectivity index (χ1n) is 4.85. The Balaban J connectivity index is 2.41. The van der Waals surface area contributed by atoms with Crippen LogP contribution in [-0.4, -0.2) is 19.7 Å². The third-order valence-electron chi connectivity index (χ3n) is 2.11. The van der Waals surface area contributed by atoms with Gasteiger partial charge in [0.05, 0.1) is 21.3 Å². The Bertz CT molecular complexity index is 573. The van der Waals surface area contributed by atoms with E-state index in [4.69, 9.17) is 5.73 Å². The van der Waals surface area contributed by atoms with Crippen LogP contribution in [-0.2, 0) is 6.54 Å². The molecular weight excluding hydrogens is 306 g/mol. The number of aromatic nitrogens is 4. The molecule has 0 aliphatic rings. The molecule has 0 amide bonds. The quantitative estimate of drug-likeness (QED) is 0.895. The topological polar surface area (TPSA) is 89.6 Å². The zero-order chi connectivity index (χ0) is 12.4. The Labute approximate surface area is 110 Å². The molecule has 2 aromatic heterocycles. The van der Waals surface area contributed by atoms with Gasteiger partial charge in [0, 0.05) is 12.7 Å². The lowest BCUT2D eigenvalue weighted by Crippen LogP contribution is -2.16. The van der Waals surface area contributed by atoms with E-state index in [1.165, 1.54) is 16.3 Å². The lowest BCUT2D eigenvalue weighted by molar-refractivity contribution is 0.660. The summed E-state index contributed by atoms with van der Waals surface area (Å²) in [5.41, 5.74) is 6.15. The average Bonchev–Trinajstić information content (AvgIpc) is 2.64. The van der Waals surface area contributed by atoms with Crippen LogP contribution < -0.4 is 11.4 Å². The number of nitrogens with zero attached hydrogens (tertiary/aromatic N) is 3. The van der Waals surface area contributed by atoms with Crippen molar-refractivity contribution >= 4 is 33.4 Å². The summed E-state index contributed by atoms with van der Waals surface area (Å²) in [5, 5.41) is 6.95. The second kappa shape index (κ2) is 4.92. The van der Waals surface area contributed by atoms with Crippen LogP contribution in [0.5, 0.6) is 0 Å². The minimum absolute atomic E-state index is 0.223. The minimum atomic E-state index is -0.223. The fourth-order valence-corrected chi connectivity index (χ4v) is 2.80. The number of anilines is 1. The molecule has 3 N–H and O–H groups in total. The van der Waals surface area contributed by atoms with E-state index >= 15 is 0 Å². The van der Waals surface area contributed by atoms with Gasteiger partial charge in [0.15, 0.2) is 5.16 Å². The van der Waals surface area contributed by atoms with E-state index in [1.54, 1.807) is 12.4 Å². The molecule has 2 aromatic rings. The second-order valence-corrected chi connectivity index (χ2v) is 5.03. The van der Waals surface area contributed by atoms with E-state index in [1.807, 2.05) is 6.92 Å². The molecule has 0 spiro atoms. The third kappa shape index (κ3) is 2.37. The molecule has 0 saturated heterocycles. The largest absolute Gasteiger partial charge is 0.397 e. The monoisotopic (exact) mass is 315 g/mol. The number of rotatable bonds is 3. The van der Waals surface area contributed by atoms with Crippen molar-refractivity contribution in [2.24, 2.45) is 0 Å². The SMILES string of the molecule is CCn1c(Sc2c(N)cncc2Br)n[nH]c1=O. The maximum Gasteiger partial charge on any atom is 0.343 e. The molecule has 0 atom stereocenters. The number of hydrogen-bond donors (Lipinski definition) is 2. The zero-order valence-corrected chi connectivity index (χ0v) is 11.4. The van der Waals surface area contributed by atoms with Gasteiger partial charge in [-0.05, 0) is 34.6 Å². The van der Waals surface area contributed by atoms with Gasteiger partial charge in [-0.25, -0.2) is 9.89 Å². The van der Waals surface area contributed by atoms with Gasteiger partial charge in [-0.15, -0.1) is 5.10 Å². The van der Waals surface area contributed by atoms with Crippen LogP contribution in [0.15, 0.2) is 31.7 Å². The van der Waals surface area contributed by atoms with Crippen LogP contribution in [0.2, 0.25) is 0 Å². The number of pyridine rings is 1. The molecule has 6 nitrogen and oxygen atoms in total. The van der Waals surface area contributed by atoms with E-state index in [2.05, 4.69) is 31.1 Å². The van der Waals surface area contributed by atoms with Gasteiger partial charge in [-0.2, -0.15) is 0 Å². The highest BCUT2D eigenvalue weighted by molar-refractivity contribution is 9.10. The molecule has 0 bridgehead atoms. The van der Waals surface area contributed by atoms with Crippen molar-refractivity contribution in [3.63, 3.8) is 0 Å². The summed E-state index contributed by atoms with van der Waals surface area (Å²) in [6.45, 7) is 2.44. The summed E-state index contributed by atoms with van der Waals surface area (Å²) in [6, 6.07) is 0. The Morgan fingerprint density at radius 3 is 3.00 bits per heavy atom. The Kier molecular flexibility index (Phi) is 3.53. The lowest BCUT2D eigenvalue weighted by atomic mass is 10.4. The summed E-state index contributed by atoms with van der Waals surface area (Å²) in [4.78, 5) is 16.2. The minimum Gasteiger partial charge on any atom is -0.397 e. The number of halogens is 1. The van der Waals surface area contributed by atoms with Crippen LogP contribution in [0, 0.1) is 0 Å². The summed E-state index contributed by atoms with van der Waals surface area (Å²) in [7, 11) is 0. The van der Waals surface area contributed by atoms with Gasteiger partial charge in [-0.1, -0.05) is 0 Å². The Hall–Kier alpha value is -1.28. The highest BCUT2D eigenvalue weighted by atomic mass is 79.9. The van der Waals surface area contributed by atoms with E-state index in [0.29, 0.717) is 17.4 Å². The Morgan fingerprint density at radius 2 is 2.35 bits per heavy atom. The van der Waals surface area contributed by atoms with Crippen molar-refractivity contribution in [2.75, 3.05) is 5.73 Å². The second-order valence-electron chi connectivity index (χ2n) is 3.20. The molecule has 0 aromatic carbocycles. The fourth-order valence-electron chi connectivity index (χ4n) is 1.30. The van der Waals surface area contributed by atoms with Crippen LogP contribution in [0.4, 0.5) is 5.69 Å². The molecule has 2 rings (SSSR count). The summed E-state index contributed by atoms with van der Waals surface area (Å²) < 4.78 is 2.32. The van der Waals surface area contributed by atoms with E-state index in [9.17, 15) is 4.79 Å². The summed E-state index contributed by atoms with van der Waals surface area (Å²) >= 11 is 4.69. The van der Waals surface area contributed by atoms with E-state index in [-0.39, 0.29) is 5.69 Å². The van der Waals surface area contributed by atoms with Gasteiger partial charge < -0.3 is 5.73 Å². The van der Waals surface area contributed by atoms with E-state index in [0.717, 1.165) is 9.37 Å². The van der Waals surface area contributed by atoms with Crippen LogP contribution in [0.3, 0.4) is 0 Å². The highest BCUT2D eigenvalue weighted by Crippen LogP contribution is 2.35. The normalized spacial score (nSPS) is 10.7. The molecule has 0 fully saturated rings. The van der Waals surface area contributed by atoms with Gasteiger partial charge in [-0.3, -0.25) is 9.55 Å².